The number of benzene rings is 3. The summed E-state index contributed by atoms with van der Waals surface area (Å²) in [6.07, 6.45) is 1.36. The minimum absolute atomic E-state index is 0.166. The van der Waals surface area contributed by atoms with Crippen molar-refractivity contribution in [1.29, 1.82) is 0 Å². The molecule has 3 aromatic carbocycles. The Kier molecular flexibility index (Phi) is 7.36. The minimum Gasteiger partial charge on any atom is -0.496 e. The second-order valence-electron chi connectivity index (χ2n) is 6.61. The van der Waals surface area contributed by atoms with E-state index in [0.717, 1.165) is 16.4 Å². The second-order valence-corrected chi connectivity index (χ2v) is 8.44. The van der Waals surface area contributed by atoms with Gasteiger partial charge in [-0.15, -0.1) is 0 Å². The molecule has 11 heteroatoms. The van der Waals surface area contributed by atoms with E-state index in [1.165, 1.54) is 37.6 Å². The number of sulfonamides is 1. The number of hydrogen-bond acceptors (Lipinski definition) is 7. The molecule has 0 unspecified atom stereocenters. The van der Waals surface area contributed by atoms with Gasteiger partial charge in [0.2, 0.25) is 0 Å². The molecule has 170 valence electrons. The molecular formula is C22H20N4O6S. The lowest BCUT2D eigenvalue weighted by Gasteiger charge is -2.23. The van der Waals surface area contributed by atoms with Gasteiger partial charge in [-0.25, -0.2) is 13.8 Å². The van der Waals surface area contributed by atoms with Crippen molar-refractivity contribution in [3.63, 3.8) is 0 Å². The normalized spacial score (nSPS) is 11.2. The topological polar surface area (TPSA) is 131 Å². The molecule has 0 heterocycles. The Hall–Kier alpha value is -4.25. The zero-order chi connectivity index (χ0) is 23.8. The van der Waals surface area contributed by atoms with Crippen LogP contribution in [0.5, 0.6) is 5.75 Å². The van der Waals surface area contributed by atoms with Crippen molar-refractivity contribution in [2.24, 2.45) is 5.10 Å². The van der Waals surface area contributed by atoms with Crippen LogP contribution in [0.1, 0.15) is 5.56 Å². The molecule has 3 aromatic rings. The second kappa shape index (κ2) is 10.4. The lowest BCUT2D eigenvalue weighted by atomic mass is 10.2. The first-order valence-corrected chi connectivity index (χ1v) is 11.0. The standard InChI is InChI=1S/C22H20N4O6S/c1-32-20-13-7-5-9-17(20)15-23-24-22(27)16-25(18-10-3-2-4-11-18)33(30,31)21-14-8-6-12-19(21)26(28)29/h2-15H,16H2,1H3,(H,24,27). The van der Waals surface area contributed by atoms with E-state index in [1.807, 2.05) is 0 Å². The number of rotatable bonds is 9. The predicted octanol–water partition coefficient (Wildman–Crippen LogP) is 2.95. The molecule has 3 rings (SSSR count). The number of carbonyl (C=O) groups is 1. The van der Waals surface area contributed by atoms with Gasteiger partial charge in [0.1, 0.15) is 12.3 Å². The lowest BCUT2D eigenvalue weighted by Crippen LogP contribution is -2.39. The van der Waals surface area contributed by atoms with Crippen LogP contribution in [0.4, 0.5) is 11.4 Å². The molecule has 0 fully saturated rings. The molecule has 33 heavy (non-hydrogen) atoms. The van der Waals surface area contributed by atoms with E-state index in [9.17, 15) is 23.3 Å². The molecule has 1 amide bonds. The third-order valence-electron chi connectivity index (χ3n) is 4.49. The number of para-hydroxylation sites is 3. The first-order chi connectivity index (χ1) is 15.8. The molecule has 0 bridgehead atoms. The van der Waals surface area contributed by atoms with Crippen molar-refractivity contribution in [1.82, 2.24) is 5.43 Å². The molecule has 0 saturated carbocycles. The number of methoxy groups -OCH3 is 1. The van der Waals surface area contributed by atoms with Crippen LogP contribution in [-0.2, 0) is 14.8 Å². The van der Waals surface area contributed by atoms with Gasteiger partial charge in [-0.05, 0) is 30.3 Å². The molecular weight excluding hydrogens is 448 g/mol. The van der Waals surface area contributed by atoms with E-state index in [1.54, 1.807) is 42.5 Å². The maximum Gasteiger partial charge on any atom is 0.289 e. The summed E-state index contributed by atoms with van der Waals surface area (Å²) in [7, 11) is -2.96. The zero-order valence-electron chi connectivity index (χ0n) is 17.5. The van der Waals surface area contributed by atoms with Gasteiger partial charge >= 0.3 is 0 Å². The number of hydrazone groups is 1. The van der Waals surface area contributed by atoms with Crippen LogP contribution < -0.4 is 14.5 Å². The van der Waals surface area contributed by atoms with E-state index in [2.05, 4.69) is 10.5 Å². The summed E-state index contributed by atoms with van der Waals surface area (Å²) in [5.41, 5.74) is 2.46. The first-order valence-electron chi connectivity index (χ1n) is 9.60. The average molecular weight is 468 g/mol. The van der Waals surface area contributed by atoms with Crippen molar-refractivity contribution in [2.45, 2.75) is 4.90 Å². The van der Waals surface area contributed by atoms with Crippen molar-refractivity contribution >= 4 is 33.5 Å². The number of amides is 1. The molecule has 0 aliphatic carbocycles. The van der Waals surface area contributed by atoms with Crippen molar-refractivity contribution in [3.8, 4) is 5.75 Å². The Morgan fingerprint density at radius 1 is 1.06 bits per heavy atom. The summed E-state index contributed by atoms with van der Waals surface area (Å²) in [5, 5.41) is 15.3. The lowest BCUT2D eigenvalue weighted by molar-refractivity contribution is -0.387. The van der Waals surface area contributed by atoms with Crippen molar-refractivity contribution in [3.05, 3.63) is 94.5 Å². The van der Waals surface area contributed by atoms with Gasteiger partial charge in [-0.2, -0.15) is 5.10 Å². The van der Waals surface area contributed by atoms with Crippen molar-refractivity contribution in [2.75, 3.05) is 18.0 Å². The molecule has 10 nitrogen and oxygen atoms in total. The zero-order valence-corrected chi connectivity index (χ0v) is 18.3. The van der Waals surface area contributed by atoms with E-state index >= 15 is 0 Å². The van der Waals surface area contributed by atoms with E-state index in [4.69, 9.17) is 4.74 Å². The Bertz CT molecular complexity index is 1280. The Balaban J connectivity index is 1.89. The fraction of sp³-hybridized carbons (Fsp3) is 0.0909. The van der Waals surface area contributed by atoms with E-state index in [0.29, 0.717) is 11.3 Å². The third-order valence-corrected chi connectivity index (χ3v) is 6.31. The predicted molar refractivity (Wildman–Crippen MR) is 123 cm³/mol. The van der Waals surface area contributed by atoms with Gasteiger partial charge in [-0.3, -0.25) is 19.2 Å². The summed E-state index contributed by atoms with van der Waals surface area (Å²) >= 11 is 0. The van der Waals surface area contributed by atoms with Crippen LogP contribution >= 0.6 is 0 Å². The van der Waals surface area contributed by atoms with Crippen LogP contribution in [0, 0.1) is 10.1 Å². The van der Waals surface area contributed by atoms with Crippen LogP contribution in [0.2, 0.25) is 0 Å². The van der Waals surface area contributed by atoms with Gasteiger partial charge in [0.25, 0.3) is 21.6 Å². The van der Waals surface area contributed by atoms with Gasteiger partial charge in [-0.1, -0.05) is 42.5 Å². The fourth-order valence-corrected chi connectivity index (χ4v) is 4.55. The SMILES string of the molecule is COc1ccccc1C=NNC(=O)CN(c1ccccc1)S(=O)(=O)c1ccccc1[N+](=O)[O-]. The van der Waals surface area contributed by atoms with E-state index in [-0.39, 0.29) is 5.69 Å². The molecule has 0 saturated heterocycles. The summed E-state index contributed by atoms with van der Waals surface area (Å²) in [4.78, 5) is 22.7. The molecule has 0 spiro atoms. The largest absolute Gasteiger partial charge is 0.496 e. The number of nitro benzene ring substituents is 1. The third kappa shape index (κ3) is 5.52. The number of nitrogens with one attached hydrogen (secondary N) is 1. The van der Waals surface area contributed by atoms with Crippen LogP contribution in [0.3, 0.4) is 0 Å². The molecule has 0 aromatic heterocycles. The highest BCUT2D eigenvalue weighted by molar-refractivity contribution is 7.93. The number of ether oxygens (including phenoxy) is 1. The Labute approximate surface area is 190 Å². The molecule has 1 N–H and O–H groups in total. The quantitative estimate of drug-likeness (QED) is 0.292. The van der Waals surface area contributed by atoms with Crippen LogP contribution in [0.15, 0.2) is 88.9 Å². The number of hydrogen-bond donors (Lipinski definition) is 1. The highest BCUT2D eigenvalue weighted by atomic mass is 32.2. The summed E-state index contributed by atoms with van der Waals surface area (Å²) < 4.78 is 32.7. The number of anilines is 1. The highest BCUT2D eigenvalue weighted by Crippen LogP contribution is 2.29. The first kappa shape index (κ1) is 23.4. The minimum atomic E-state index is -4.45. The van der Waals surface area contributed by atoms with Gasteiger partial charge in [0, 0.05) is 11.6 Å². The molecule has 0 radical (unpaired) electrons. The summed E-state index contributed by atoms with van der Waals surface area (Å²) in [6.45, 7) is -0.651. The highest BCUT2D eigenvalue weighted by Gasteiger charge is 2.33. The molecule has 0 aliphatic heterocycles. The Morgan fingerprint density at radius 3 is 2.39 bits per heavy atom. The average Bonchev–Trinajstić information content (AvgIpc) is 2.83. The molecule has 0 atom stereocenters. The maximum absolute atomic E-state index is 13.4. The number of nitrogens with zero attached hydrogens (tertiary/aromatic N) is 3. The summed E-state index contributed by atoms with van der Waals surface area (Å²) in [5.74, 6) is -0.201. The van der Waals surface area contributed by atoms with Crippen molar-refractivity contribution < 1.29 is 22.9 Å². The van der Waals surface area contributed by atoms with Gasteiger partial charge in [0.05, 0.1) is 23.9 Å². The number of carbonyl (C=O) groups excluding carboxylic acids is 1. The summed E-state index contributed by atoms with van der Waals surface area (Å²) in [6, 6.07) is 19.8. The monoisotopic (exact) mass is 468 g/mol. The van der Waals surface area contributed by atoms with E-state index < -0.39 is 38.0 Å². The fourth-order valence-electron chi connectivity index (χ4n) is 2.97. The van der Waals surface area contributed by atoms with Gasteiger partial charge in [0.15, 0.2) is 4.90 Å². The molecule has 0 aliphatic rings. The Morgan fingerprint density at radius 2 is 1.70 bits per heavy atom. The van der Waals surface area contributed by atoms with Crippen LogP contribution in [-0.4, -0.2) is 39.1 Å². The van der Waals surface area contributed by atoms with Gasteiger partial charge < -0.3 is 4.74 Å². The smallest absolute Gasteiger partial charge is 0.289 e. The number of nitro groups is 1. The maximum atomic E-state index is 13.4. The van der Waals surface area contributed by atoms with Crippen LogP contribution in [0.25, 0.3) is 0 Å².